The Morgan fingerprint density at radius 3 is 1.39 bits per heavy atom. The van der Waals surface area contributed by atoms with Crippen molar-refractivity contribution in [3.8, 4) is 0 Å². The molecule has 0 saturated carbocycles. The molecular formula is C53H73N7O9. The van der Waals surface area contributed by atoms with Crippen molar-refractivity contribution >= 4 is 57.3 Å². The van der Waals surface area contributed by atoms with E-state index in [4.69, 9.17) is 9.47 Å². The maximum Gasteiger partial charge on any atom is 0.323 e. The van der Waals surface area contributed by atoms with E-state index in [1.54, 1.807) is 18.0 Å². The highest BCUT2D eigenvalue weighted by Crippen LogP contribution is 2.41. The van der Waals surface area contributed by atoms with E-state index in [0.717, 1.165) is 118 Å². The van der Waals surface area contributed by atoms with Crippen LogP contribution in [0.25, 0.3) is 21.8 Å². The molecule has 2 aromatic heterocycles. The number of carboxylic acid groups (broad SMARTS) is 1. The van der Waals surface area contributed by atoms with Crippen LogP contribution in [0.4, 0.5) is 0 Å². The summed E-state index contributed by atoms with van der Waals surface area (Å²) in [5.41, 5.74) is 7.72. The molecule has 2 aliphatic carbocycles. The van der Waals surface area contributed by atoms with Crippen LogP contribution in [0.5, 0.6) is 0 Å². The van der Waals surface area contributed by atoms with Gasteiger partial charge in [0.05, 0.1) is 13.1 Å². The molecule has 4 aromatic rings. The van der Waals surface area contributed by atoms with E-state index in [9.17, 15) is 33.9 Å². The molecule has 0 bridgehead atoms. The molecule has 2 atom stereocenters. The lowest BCUT2D eigenvalue weighted by atomic mass is 9.75. The minimum Gasteiger partial charge on any atom is -0.480 e. The van der Waals surface area contributed by atoms with Crippen LogP contribution in [0.1, 0.15) is 109 Å². The minimum atomic E-state index is -0.870. The molecule has 5 amide bonds. The molecule has 2 unspecified atom stereocenters. The molecular weight excluding hydrogens is 879 g/mol. The van der Waals surface area contributed by atoms with Crippen LogP contribution in [-0.2, 0) is 67.4 Å². The SMILES string of the molecule is CCNC(=O)CN(CC)C(=O)c1ccc2c(c1)c1c(n2CC(=O)NC)CCC(C2CCOCC2)C1.CCNC(=O)CN(CC)C(=O)c1ccc2c(c1)c1c(n2CC(=O)O)CCC(C2CCOCC2)C1. The second-order valence-corrected chi connectivity index (χ2v) is 19.0. The Morgan fingerprint density at radius 2 is 1.01 bits per heavy atom. The van der Waals surface area contributed by atoms with E-state index >= 15 is 0 Å². The number of hydrogen-bond donors (Lipinski definition) is 4. The van der Waals surface area contributed by atoms with Crippen molar-refractivity contribution in [3.05, 3.63) is 70.0 Å². The van der Waals surface area contributed by atoms with Crippen LogP contribution in [0.3, 0.4) is 0 Å². The second kappa shape index (κ2) is 23.7. The zero-order valence-corrected chi connectivity index (χ0v) is 41.3. The third kappa shape index (κ3) is 11.8. The monoisotopic (exact) mass is 952 g/mol. The standard InChI is InChI=1S/C27H38N4O4.C26H35N3O5/c1-4-29-26(33)16-30(5-2)27(34)20-7-9-24-22(15-20)21-14-19(18-10-12-35-13-11-18)6-8-23(21)31(24)17-25(32)28-3;1-3-27-24(30)15-28(4-2)26(33)19-6-8-23-21(14-19)20-13-18(17-9-11-34-12-10-17)5-7-22(20)29(23)16-25(31)32/h7,9,15,18-19H,4-6,8,10-14,16-17H2,1-3H3,(H,28,32)(H,29,33);6,8,14,17-18H,3-5,7,9-13,15-16H2,1-2H3,(H,27,30)(H,31,32). The van der Waals surface area contributed by atoms with Gasteiger partial charge in [-0.3, -0.25) is 28.8 Å². The fourth-order valence-corrected chi connectivity index (χ4v) is 11.4. The summed E-state index contributed by atoms with van der Waals surface area (Å²) in [5.74, 6) is 0.849. The van der Waals surface area contributed by atoms with Gasteiger partial charge in [0.15, 0.2) is 0 Å². The predicted octanol–water partition coefficient (Wildman–Crippen LogP) is 5.37. The Hall–Kier alpha value is -5.74. The summed E-state index contributed by atoms with van der Waals surface area (Å²) in [7, 11) is 1.66. The van der Waals surface area contributed by atoms with Crippen molar-refractivity contribution in [2.24, 2.45) is 23.7 Å². The van der Waals surface area contributed by atoms with Gasteiger partial charge in [-0.05, 0) is 163 Å². The lowest BCUT2D eigenvalue weighted by Crippen LogP contribution is -2.40. The molecule has 4 aliphatic rings. The first-order chi connectivity index (χ1) is 33.4. The first kappa shape index (κ1) is 51.1. The molecule has 0 radical (unpaired) electrons. The molecule has 16 heteroatoms. The van der Waals surface area contributed by atoms with E-state index in [0.29, 0.717) is 61.0 Å². The van der Waals surface area contributed by atoms with Gasteiger partial charge in [0, 0.05) is 104 Å². The van der Waals surface area contributed by atoms with Crippen LogP contribution < -0.4 is 16.0 Å². The quantitative estimate of drug-likeness (QED) is 0.114. The minimum absolute atomic E-state index is 0.0190. The summed E-state index contributed by atoms with van der Waals surface area (Å²) in [4.78, 5) is 77.9. The van der Waals surface area contributed by atoms with Crippen molar-refractivity contribution in [1.29, 1.82) is 0 Å². The summed E-state index contributed by atoms with van der Waals surface area (Å²) in [5, 5.41) is 19.8. The zero-order chi connectivity index (χ0) is 49.2. The third-order valence-electron chi connectivity index (χ3n) is 15.0. The number of rotatable bonds is 16. The molecule has 8 rings (SSSR count). The Morgan fingerprint density at radius 1 is 0.594 bits per heavy atom. The second-order valence-electron chi connectivity index (χ2n) is 19.0. The van der Waals surface area contributed by atoms with Crippen LogP contribution in [-0.4, -0.2) is 132 Å². The Balaban J connectivity index is 0.000000204. The molecule has 374 valence electrons. The zero-order valence-electron chi connectivity index (χ0n) is 41.3. The molecule has 4 heterocycles. The van der Waals surface area contributed by atoms with Gasteiger partial charge >= 0.3 is 5.97 Å². The van der Waals surface area contributed by atoms with Crippen molar-refractivity contribution < 1.29 is 43.3 Å². The third-order valence-corrected chi connectivity index (χ3v) is 15.0. The fourth-order valence-electron chi connectivity index (χ4n) is 11.4. The highest BCUT2D eigenvalue weighted by atomic mass is 16.5. The van der Waals surface area contributed by atoms with E-state index in [2.05, 4.69) is 20.5 Å². The van der Waals surface area contributed by atoms with Crippen molar-refractivity contribution in [2.75, 3.05) is 72.7 Å². The number of carbonyl (C=O) groups excluding carboxylic acids is 5. The van der Waals surface area contributed by atoms with Crippen LogP contribution in [0.2, 0.25) is 0 Å². The number of carbonyl (C=O) groups is 6. The van der Waals surface area contributed by atoms with Crippen LogP contribution >= 0.6 is 0 Å². The summed E-state index contributed by atoms with van der Waals surface area (Å²) in [6, 6.07) is 11.3. The summed E-state index contributed by atoms with van der Waals surface area (Å²) < 4.78 is 15.2. The average molecular weight is 952 g/mol. The normalized spacial score (nSPS) is 18.3. The maximum atomic E-state index is 13.3. The lowest BCUT2D eigenvalue weighted by Gasteiger charge is -2.33. The number of carboxylic acids is 1. The van der Waals surface area contributed by atoms with Gasteiger partial charge in [-0.25, -0.2) is 0 Å². The average Bonchev–Trinajstić information content (AvgIpc) is 3.84. The largest absolute Gasteiger partial charge is 0.480 e. The number of amides is 5. The van der Waals surface area contributed by atoms with Crippen LogP contribution in [0, 0.1) is 23.7 Å². The summed E-state index contributed by atoms with van der Waals surface area (Å²) >= 11 is 0. The molecule has 16 nitrogen and oxygen atoms in total. The first-order valence-corrected chi connectivity index (χ1v) is 25.4. The van der Waals surface area contributed by atoms with Crippen molar-refractivity contribution in [3.63, 3.8) is 0 Å². The van der Waals surface area contributed by atoms with Gasteiger partial charge in [0.2, 0.25) is 17.7 Å². The topological polar surface area (TPSA) is 194 Å². The van der Waals surface area contributed by atoms with Gasteiger partial charge < -0.3 is 49.5 Å². The number of hydrogen-bond acceptors (Lipinski definition) is 8. The van der Waals surface area contributed by atoms with Gasteiger partial charge in [0.25, 0.3) is 11.8 Å². The lowest BCUT2D eigenvalue weighted by molar-refractivity contribution is -0.137. The smallest absolute Gasteiger partial charge is 0.323 e. The number of aromatic nitrogens is 2. The Bertz CT molecular complexity index is 2500. The molecule has 2 aromatic carbocycles. The van der Waals surface area contributed by atoms with E-state index in [1.165, 1.54) is 21.7 Å². The van der Waals surface area contributed by atoms with Gasteiger partial charge in [0.1, 0.15) is 13.1 Å². The van der Waals surface area contributed by atoms with Crippen LogP contribution in [0.15, 0.2) is 36.4 Å². The number of likely N-dealkylation sites (N-methyl/N-ethyl adjacent to an activating group) is 5. The first-order valence-electron chi connectivity index (χ1n) is 25.4. The van der Waals surface area contributed by atoms with E-state index in [-0.39, 0.29) is 55.7 Å². The number of nitrogens with zero attached hydrogens (tertiary/aromatic N) is 4. The predicted molar refractivity (Wildman–Crippen MR) is 264 cm³/mol. The highest BCUT2D eigenvalue weighted by Gasteiger charge is 2.34. The number of fused-ring (bicyclic) bond motifs is 6. The maximum absolute atomic E-state index is 13.3. The molecule has 4 N–H and O–H groups in total. The summed E-state index contributed by atoms with van der Waals surface area (Å²) in [6.45, 7) is 13.0. The number of nitrogens with one attached hydrogen (secondary N) is 3. The van der Waals surface area contributed by atoms with E-state index < -0.39 is 5.97 Å². The molecule has 2 aliphatic heterocycles. The Labute approximate surface area is 405 Å². The number of aliphatic carboxylic acids is 1. The fraction of sp³-hybridized carbons (Fsp3) is 0.585. The van der Waals surface area contributed by atoms with Gasteiger partial charge in [-0.2, -0.15) is 0 Å². The van der Waals surface area contributed by atoms with Gasteiger partial charge in [-0.1, -0.05) is 0 Å². The number of ether oxygens (including phenoxy) is 2. The molecule has 2 fully saturated rings. The Kier molecular flexibility index (Phi) is 17.6. The van der Waals surface area contributed by atoms with Crippen molar-refractivity contribution in [1.82, 2.24) is 34.9 Å². The van der Waals surface area contributed by atoms with Crippen molar-refractivity contribution in [2.45, 2.75) is 105 Å². The molecule has 2 saturated heterocycles. The van der Waals surface area contributed by atoms with Gasteiger partial charge in [-0.15, -0.1) is 0 Å². The highest BCUT2D eigenvalue weighted by molar-refractivity contribution is 6.02. The molecule has 69 heavy (non-hydrogen) atoms. The molecule has 0 spiro atoms. The van der Waals surface area contributed by atoms with E-state index in [1.807, 2.05) is 62.6 Å². The summed E-state index contributed by atoms with van der Waals surface area (Å²) in [6.07, 6.45) is 10.2. The number of benzene rings is 2.